The van der Waals surface area contributed by atoms with Crippen LogP contribution in [0.5, 0.6) is 0 Å². The maximum absolute atomic E-state index is 12.5. The summed E-state index contributed by atoms with van der Waals surface area (Å²) in [5.74, 6) is -0.153. The zero-order chi connectivity index (χ0) is 6.85. The molecule has 0 bridgehead atoms. The van der Waals surface area contributed by atoms with Crippen LogP contribution >= 0.6 is 0 Å². The van der Waals surface area contributed by atoms with Gasteiger partial charge < -0.3 is 4.90 Å². The molecule has 0 spiro atoms. The van der Waals surface area contributed by atoms with Gasteiger partial charge in [0.25, 0.3) is 0 Å². The minimum absolute atomic E-state index is 0.153. The highest BCUT2D eigenvalue weighted by atomic mass is 19.1. The molecular formula is C6H10FNO. The SMILES string of the molecule is CC(=O)N1CCCC1F. The zero-order valence-electron chi connectivity index (χ0n) is 5.43. The highest BCUT2D eigenvalue weighted by Gasteiger charge is 2.25. The molecule has 0 radical (unpaired) electrons. The Morgan fingerprint density at radius 2 is 2.44 bits per heavy atom. The number of amides is 1. The molecule has 52 valence electrons. The first kappa shape index (κ1) is 6.52. The standard InChI is InChI=1S/C6H10FNO/c1-5(9)8-4-2-3-6(8)7/h6H,2-4H2,1H3. The minimum atomic E-state index is -1.01. The van der Waals surface area contributed by atoms with Gasteiger partial charge in [0.2, 0.25) is 5.91 Å². The van der Waals surface area contributed by atoms with Crippen LogP contribution in [-0.2, 0) is 4.79 Å². The molecule has 1 aliphatic heterocycles. The van der Waals surface area contributed by atoms with E-state index in [0.717, 1.165) is 6.42 Å². The van der Waals surface area contributed by atoms with E-state index in [1.807, 2.05) is 0 Å². The van der Waals surface area contributed by atoms with Gasteiger partial charge in [-0.15, -0.1) is 0 Å². The van der Waals surface area contributed by atoms with Crippen LogP contribution < -0.4 is 0 Å². The third-order valence-corrected chi connectivity index (χ3v) is 1.58. The van der Waals surface area contributed by atoms with Crippen molar-refractivity contribution in [3.05, 3.63) is 0 Å². The predicted molar refractivity (Wildman–Crippen MR) is 31.5 cm³/mol. The number of halogens is 1. The van der Waals surface area contributed by atoms with E-state index in [1.54, 1.807) is 0 Å². The van der Waals surface area contributed by atoms with Gasteiger partial charge in [-0.05, 0) is 12.8 Å². The van der Waals surface area contributed by atoms with Crippen molar-refractivity contribution < 1.29 is 9.18 Å². The number of hydrogen-bond donors (Lipinski definition) is 0. The van der Waals surface area contributed by atoms with Crippen LogP contribution in [0.1, 0.15) is 19.8 Å². The summed E-state index contributed by atoms with van der Waals surface area (Å²) in [7, 11) is 0. The van der Waals surface area contributed by atoms with Crippen molar-refractivity contribution in [2.75, 3.05) is 6.54 Å². The number of hydrogen-bond acceptors (Lipinski definition) is 1. The van der Waals surface area contributed by atoms with Crippen molar-refractivity contribution in [3.8, 4) is 0 Å². The van der Waals surface area contributed by atoms with E-state index in [0.29, 0.717) is 13.0 Å². The maximum atomic E-state index is 12.5. The van der Waals surface area contributed by atoms with Crippen LogP contribution in [0, 0.1) is 0 Å². The summed E-state index contributed by atoms with van der Waals surface area (Å²) in [5.41, 5.74) is 0. The van der Waals surface area contributed by atoms with Crippen molar-refractivity contribution in [1.82, 2.24) is 4.90 Å². The van der Waals surface area contributed by atoms with Crippen molar-refractivity contribution in [1.29, 1.82) is 0 Å². The monoisotopic (exact) mass is 131 g/mol. The van der Waals surface area contributed by atoms with E-state index in [9.17, 15) is 9.18 Å². The topological polar surface area (TPSA) is 20.3 Å². The Balaban J connectivity index is 2.49. The Hall–Kier alpha value is -0.600. The molecule has 3 heteroatoms. The highest BCUT2D eigenvalue weighted by molar-refractivity contribution is 5.73. The Bertz CT molecular complexity index is 126. The molecule has 1 heterocycles. The van der Waals surface area contributed by atoms with E-state index in [2.05, 4.69) is 0 Å². The first-order valence-electron chi connectivity index (χ1n) is 3.13. The molecule has 1 aliphatic rings. The first-order chi connectivity index (χ1) is 4.22. The van der Waals surface area contributed by atoms with E-state index >= 15 is 0 Å². The number of rotatable bonds is 0. The molecule has 1 atom stereocenters. The van der Waals surface area contributed by atoms with E-state index in [4.69, 9.17) is 0 Å². The molecule has 1 rings (SSSR count). The molecule has 0 N–H and O–H groups in total. The molecule has 1 amide bonds. The van der Waals surface area contributed by atoms with Crippen LogP contribution in [0.25, 0.3) is 0 Å². The molecule has 0 aromatic heterocycles. The summed E-state index contributed by atoms with van der Waals surface area (Å²) in [5, 5.41) is 0. The largest absolute Gasteiger partial charge is 0.313 e. The Morgan fingerprint density at radius 1 is 1.78 bits per heavy atom. The number of alkyl halides is 1. The summed E-state index contributed by atoms with van der Waals surface area (Å²) >= 11 is 0. The molecule has 1 saturated heterocycles. The van der Waals surface area contributed by atoms with Gasteiger partial charge in [-0.3, -0.25) is 4.79 Å². The zero-order valence-corrected chi connectivity index (χ0v) is 5.43. The van der Waals surface area contributed by atoms with E-state index in [-0.39, 0.29) is 5.91 Å². The number of carbonyl (C=O) groups excluding carboxylic acids is 1. The molecule has 0 aliphatic carbocycles. The Labute approximate surface area is 53.6 Å². The van der Waals surface area contributed by atoms with Gasteiger partial charge in [-0.1, -0.05) is 0 Å². The summed E-state index contributed by atoms with van der Waals surface area (Å²) in [6.45, 7) is 1.99. The van der Waals surface area contributed by atoms with Gasteiger partial charge in [0.15, 0.2) is 6.30 Å². The first-order valence-corrected chi connectivity index (χ1v) is 3.13. The molecule has 2 nitrogen and oxygen atoms in total. The van der Waals surface area contributed by atoms with E-state index < -0.39 is 6.30 Å². The number of nitrogens with zero attached hydrogens (tertiary/aromatic N) is 1. The fourth-order valence-electron chi connectivity index (χ4n) is 1.08. The van der Waals surface area contributed by atoms with Crippen LogP contribution in [0.4, 0.5) is 4.39 Å². The average molecular weight is 131 g/mol. The molecule has 0 aromatic rings. The quantitative estimate of drug-likeness (QED) is 0.448. The van der Waals surface area contributed by atoms with Gasteiger partial charge in [0, 0.05) is 13.5 Å². The fraction of sp³-hybridized carbons (Fsp3) is 0.833. The third kappa shape index (κ3) is 1.20. The molecule has 0 aromatic carbocycles. The van der Waals surface area contributed by atoms with Crippen molar-refractivity contribution in [3.63, 3.8) is 0 Å². The normalized spacial score (nSPS) is 26.9. The molecule has 9 heavy (non-hydrogen) atoms. The summed E-state index contributed by atoms with van der Waals surface area (Å²) in [6, 6.07) is 0. The molecule has 1 fully saturated rings. The lowest BCUT2D eigenvalue weighted by Crippen LogP contribution is -2.30. The number of likely N-dealkylation sites (tertiary alicyclic amines) is 1. The van der Waals surface area contributed by atoms with Gasteiger partial charge in [-0.2, -0.15) is 0 Å². The predicted octanol–water partition coefficient (Wildman–Crippen LogP) is 0.924. The lowest BCUT2D eigenvalue weighted by molar-refractivity contribution is -0.132. The summed E-state index contributed by atoms with van der Waals surface area (Å²) in [4.78, 5) is 11.8. The van der Waals surface area contributed by atoms with Crippen molar-refractivity contribution in [2.24, 2.45) is 0 Å². The van der Waals surface area contributed by atoms with Crippen molar-refractivity contribution in [2.45, 2.75) is 26.1 Å². The molecule has 0 saturated carbocycles. The van der Waals surface area contributed by atoms with Crippen LogP contribution in [0.2, 0.25) is 0 Å². The van der Waals surface area contributed by atoms with Gasteiger partial charge >= 0.3 is 0 Å². The Morgan fingerprint density at radius 3 is 2.67 bits per heavy atom. The second-order valence-corrected chi connectivity index (χ2v) is 2.29. The van der Waals surface area contributed by atoms with Gasteiger partial charge in [-0.25, -0.2) is 4.39 Å². The van der Waals surface area contributed by atoms with E-state index in [1.165, 1.54) is 11.8 Å². The van der Waals surface area contributed by atoms with Crippen LogP contribution in [0.15, 0.2) is 0 Å². The van der Waals surface area contributed by atoms with Crippen LogP contribution in [0.3, 0.4) is 0 Å². The summed E-state index contributed by atoms with van der Waals surface area (Å²) < 4.78 is 12.5. The van der Waals surface area contributed by atoms with Crippen LogP contribution in [-0.4, -0.2) is 23.6 Å². The lowest BCUT2D eigenvalue weighted by Gasteiger charge is -2.14. The van der Waals surface area contributed by atoms with Gasteiger partial charge in [0.1, 0.15) is 0 Å². The fourth-order valence-corrected chi connectivity index (χ4v) is 1.08. The lowest BCUT2D eigenvalue weighted by atomic mass is 10.4. The number of carbonyl (C=O) groups is 1. The molecular weight excluding hydrogens is 121 g/mol. The second-order valence-electron chi connectivity index (χ2n) is 2.29. The molecule has 1 unspecified atom stereocenters. The average Bonchev–Trinajstić information content (AvgIpc) is 2.13. The Kier molecular flexibility index (Phi) is 1.69. The summed E-state index contributed by atoms with van der Waals surface area (Å²) in [6.07, 6.45) is 0.308. The highest BCUT2D eigenvalue weighted by Crippen LogP contribution is 2.17. The smallest absolute Gasteiger partial charge is 0.221 e. The van der Waals surface area contributed by atoms with Crippen molar-refractivity contribution >= 4 is 5.91 Å². The minimum Gasteiger partial charge on any atom is -0.313 e. The maximum Gasteiger partial charge on any atom is 0.221 e. The third-order valence-electron chi connectivity index (χ3n) is 1.58. The second kappa shape index (κ2) is 2.33. The van der Waals surface area contributed by atoms with Gasteiger partial charge in [0.05, 0.1) is 0 Å².